The Labute approximate surface area is 120 Å². The van der Waals surface area contributed by atoms with Crippen LogP contribution in [0.5, 0.6) is 0 Å². The Kier molecular flexibility index (Phi) is 3.49. The summed E-state index contributed by atoms with van der Waals surface area (Å²) in [4.78, 5) is 9.17. The van der Waals surface area contributed by atoms with E-state index in [0.29, 0.717) is 6.04 Å². The van der Waals surface area contributed by atoms with Gasteiger partial charge in [-0.1, -0.05) is 0 Å². The average Bonchev–Trinajstić information content (AvgIpc) is 2.48. The van der Waals surface area contributed by atoms with Crippen LogP contribution in [0, 0.1) is 0 Å². The first-order valence-electron chi connectivity index (χ1n) is 7.28. The predicted octanol–water partition coefficient (Wildman–Crippen LogP) is 2.35. The number of aromatic nitrogens is 1. The van der Waals surface area contributed by atoms with Crippen LogP contribution in [0.3, 0.4) is 0 Å². The van der Waals surface area contributed by atoms with Gasteiger partial charge in [0.05, 0.1) is 0 Å². The molecule has 1 aromatic heterocycles. The van der Waals surface area contributed by atoms with Crippen molar-refractivity contribution in [3.05, 3.63) is 30.6 Å². The van der Waals surface area contributed by atoms with E-state index >= 15 is 0 Å². The van der Waals surface area contributed by atoms with Crippen molar-refractivity contribution in [2.45, 2.75) is 19.9 Å². The minimum absolute atomic E-state index is 0.629. The van der Waals surface area contributed by atoms with Crippen molar-refractivity contribution in [1.82, 2.24) is 9.88 Å². The average molecular weight is 270 g/mol. The lowest BCUT2D eigenvalue weighted by atomic mass is 10.1. The minimum Gasteiger partial charge on any atom is -0.398 e. The van der Waals surface area contributed by atoms with Crippen LogP contribution in [-0.4, -0.2) is 42.1 Å². The molecular formula is C16H22N4. The number of rotatable bonds is 2. The van der Waals surface area contributed by atoms with Gasteiger partial charge in [-0.2, -0.15) is 0 Å². The zero-order valence-electron chi connectivity index (χ0n) is 12.2. The van der Waals surface area contributed by atoms with Gasteiger partial charge in [0.1, 0.15) is 0 Å². The van der Waals surface area contributed by atoms with Crippen LogP contribution in [-0.2, 0) is 0 Å². The lowest BCUT2D eigenvalue weighted by Crippen LogP contribution is -2.48. The van der Waals surface area contributed by atoms with Gasteiger partial charge in [0, 0.05) is 66.8 Å². The van der Waals surface area contributed by atoms with Crippen molar-refractivity contribution in [2.24, 2.45) is 0 Å². The summed E-state index contributed by atoms with van der Waals surface area (Å²) in [6.45, 7) is 8.90. The lowest BCUT2D eigenvalue weighted by molar-refractivity contribution is 0.209. The van der Waals surface area contributed by atoms with Crippen molar-refractivity contribution < 1.29 is 0 Å². The molecule has 2 N–H and O–H groups in total. The van der Waals surface area contributed by atoms with Crippen LogP contribution in [0.15, 0.2) is 30.6 Å². The molecule has 0 aliphatic carbocycles. The number of anilines is 2. The highest BCUT2D eigenvalue weighted by Gasteiger charge is 2.20. The van der Waals surface area contributed by atoms with E-state index in [0.717, 1.165) is 37.3 Å². The maximum Gasteiger partial charge on any atom is 0.0449 e. The first-order chi connectivity index (χ1) is 9.66. The summed E-state index contributed by atoms with van der Waals surface area (Å²) in [6.07, 6.45) is 3.70. The Bertz CT molecular complexity index is 600. The van der Waals surface area contributed by atoms with E-state index in [1.165, 1.54) is 11.1 Å². The number of nitrogen functional groups attached to an aromatic ring is 1. The summed E-state index contributed by atoms with van der Waals surface area (Å²) in [5, 5.41) is 2.26. The predicted molar refractivity (Wildman–Crippen MR) is 85.1 cm³/mol. The second-order valence-corrected chi connectivity index (χ2v) is 5.71. The summed E-state index contributed by atoms with van der Waals surface area (Å²) < 4.78 is 0. The number of hydrogen-bond acceptors (Lipinski definition) is 4. The van der Waals surface area contributed by atoms with E-state index in [-0.39, 0.29) is 0 Å². The van der Waals surface area contributed by atoms with Crippen molar-refractivity contribution in [2.75, 3.05) is 36.8 Å². The summed E-state index contributed by atoms with van der Waals surface area (Å²) in [5.74, 6) is 0. The molecule has 0 spiro atoms. The molecule has 106 valence electrons. The Balaban J connectivity index is 1.90. The van der Waals surface area contributed by atoms with E-state index in [1.807, 2.05) is 18.5 Å². The number of nitrogens with two attached hydrogens (primary N) is 1. The molecule has 1 saturated heterocycles. The van der Waals surface area contributed by atoms with Gasteiger partial charge in [-0.05, 0) is 32.0 Å². The van der Waals surface area contributed by atoms with Gasteiger partial charge < -0.3 is 10.6 Å². The monoisotopic (exact) mass is 270 g/mol. The van der Waals surface area contributed by atoms with Crippen LogP contribution < -0.4 is 10.6 Å². The third-order valence-electron chi connectivity index (χ3n) is 4.21. The topological polar surface area (TPSA) is 45.4 Å². The summed E-state index contributed by atoms with van der Waals surface area (Å²) in [5.41, 5.74) is 8.13. The number of nitrogens with zero attached hydrogens (tertiary/aromatic N) is 3. The highest BCUT2D eigenvalue weighted by Crippen LogP contribution is 2.30. The van der Waals surface area contributed by atoms with Gasteiger partial charge in [-0.15, -0.1) is 0 Å². The molecule has 0 atom stereocenters. The molecule has 0 amide bonds. The zero-order chi connectivity index (χ0) is 14.1. The Morgan fingerprint density at radius 2 is 1.80 bits per heavy atom. The smallest absolute Gasteiger partial charge is 0.0449 e. The molecule has 4 nitrogen and oxygen atoms in total. The summed E-state index contributed by atoms with van der Waals surface area (Å²) in [7, 11) is 0. The van der Waals surface area contributed by atoms with E-state index in [4.69, 9.17) is 5.73 Å². The molecular weight excluding hydrogens is 248 g/mol. The van der Waals surface area contributed by atoms with E-state index < -0.39 is 0 Å². The van der Waals surface area contributed by atoms with E-state index in [1.54, 1.807) is 0 Å². The number of benzene rings is 1. The van der Waals surface area contributed by atoms with Crippen LogP contribution in [0.1, 0.15) is 13.8 Å². The third-order valence-corrected chi connectivity index (χ3v) is 4.21. The van der Waals surface area contributed by atoms with Crippen molar-refractivity contribution in [1.29, 1.82) is 0 Å². The summed E-state index contributed by atoms with van der Waals surface area (Å²) >= 11 is 0. The first-order valence-corrected chi connectivity index (χ1v) is 7.28. The number of piperazine rings is 1. The normalized spacial score (nSPS) is 17.1. The second-order valence-electron chi connectivity index (χ2n) is 5.71. The number of fused-ring (bicyclic) bond motifs is 1. The van der Waals surface area contributed by atoms with Gasteiger partial charge in [0.15, 0.2) is 0 Å². The molecule has 2 aromatic rings. The molecule has 0 saturated carbocycles. The van der Waals surface area contributed by atoms with Crippen molar-refractivity contribution in [3.8, 4) is 0 Å². The molecule has 2 heterocycles. The van der Waals surface area contributed by atoms with Crippen molar-refractivity contribution >= 4 is 22.1 Å². The van der Waals surface area contributed by atoms with Crippen molar-refractivity contribution in [3.63, 3.8) is 0 Å². The number of hydrogen-bond donors (Lipinski definition) is 1. The molecule has 0 radical (unpaired) electrons. The second kappa shape index (κ2) is 5.29. The van der Waals surface area contributed by atoms with Crippen LogP contribution in [0.4, 0.5) is 11.4 Å². The molecule has 3 rings (SSSR count). The van der Waals surface area contributed by atoms with Gasteiger partial charge in [-0.3, -0.25) is 9.88 Å². The maximum absolute atomic E-state index is 6.05. The standard InChI is InChI=1S/C16H22N4/c1-12(2)19-7-9-20(10-8-19)16-4-3-15(17)14-11-18-6-5-13(14)16/h3-6,11-12H,7-10,17H2,1-2H3. The Morgan fingerprint density at radius 1 is 1.05 bits per heavy atom. The van der Waals surface area contributed by atoms with Crippen LogP contribution in [0.25, 0.3) is 10.8 Å². The highest BCUT2D eigenvalue weighted by molar-refractivity contribution is 6.00. The SMILES string of the molecule is CC(C)N1CCN(c2ccc(N)c3cnccc23)CC1. The van der Waals surface area contributed by atoms with Gasteiger partial charge >= 0.3 is 0 Å². The molecule has 1 aromatic carbocycles. The largest absolute Gasteiger partial charge is 0.398 e. The highest BCUT2D eigenvalue weighted by atomic mass is 15.3. The first kappa shape index (κ1) is 13.2. The zero-order valence-corrected chi connectivity index (χ0v) is 12.2. The molecule has 1 fully saturated rings. The van der Waals surface area contributed by atoms with Crippen LogP contribution in [0.2, 0.25) is 0 Å². The van der Waals surface area contributed by atoms with Gasteiger partial charge in [0.25, 0.3) is 0 Å². The number of pyridine rings is 1. The van der Waals surface area contributed by atoms with E-state index in [2.05, 4.69) is 40.8 Å². The molecule has 4 heteroatoms. The van der Waals surface area contributed by atoms with Gasteiger partial charge in [-0.25, -0.2) is 0 Å². The molecule has 0 unspecified atom stereocenters. The molecule has 1 aliphatic heterocycles. The van der Waals surface area contributed by atoms with Crippen LogP contribution >= 0.6 is 0 Å². The van der Waals surface area contributed by atoms with Gasteiger partial charge in [0.2, 0.25) is 0 Å². The molecule has 20 heavy (non-hydrogen) atoms. The lowest BCUT2D eigenvalue weighted by Gasteiger charge is -2.38. The fourth-order valence-electron chi connectivity index (χ4n) is 2.95. The summed E-state index contributed by atoms with van der Waals surface area (Å²) in [6, 6.07) is 6.83. The quantitative estimate of drug-likeness (QED) is 0.851. The molecule has 1 aliphatic rings. The third kappa shape index (κ3) is 2.31. The molecule has 0 bridgehead atoms. The minimum atomic E-state index is 0.629. The Morgan fingerprint density at radius 3 is 2.50 bits per heavy atom. The van der Waals surface area contributed by atoms with E-state index in [9.17, 15) is 0 Å². The Hall–Kier alpha value is -1.81. The maximum atomic E-state index is 6.05. The fraction of sp³-hybridized carbons (Fsp3) is 0.438. The fourth-order valence-corrected chi connectivity index (χ4v) is 2.95.